The van der Waals surface area contributed by atoms with Crippen LogP contribution in [0, 0.1) is 5.82 Å². The molecule has 0 saturated heterocycles. The lowest BCUT2D eigenvalue weighted by Crippen LogP contribution is -2.19. The Bertz CT molecular complexity index is 310. The first-order valence-corrected chi connectivity index (χ1v) is 4.53. The van der Waals surface area contributed by atoms with Crippen LogP contribution in [0.25, 0.3) is 0 Å². The predicted molar refractivity (Wildman–Crippen MR) is 51.3 cm³/mol. The number of rotatable bonds is 2. The van der Waals surface area contributed by atoms with Crippen LogP contribution in [0.3, 0.4) is 0 Å². The molecule has 1 nitrogen and oxygen atoms in total. The Morgan fingerprint density at radius 3 is 2.62 bits per heavy atom. The van der Waals surface area contributed by atoms with Crippen molar-refractivity contribution in [2.45, 2.75) is 25.9 Å². The first-order chi connectivity index (χ1) is 5.97. The predicted octanol–water partition coefficient (Wildman–Crippen LogP) is 3.10. The molecule has 0 fully saturated rings. The van der Waals surface area contributed by atoms with E-state index in [1.54, 1.807) is 13.0 Å². The van der Waals surface area contributed by atoms with E-state index in [1.165, 1.54) is 12.1 Å². The van der Waals surface area contributed by atoms with E-state index in [0.29, 0.717) is 12.0 Å². The first-order valence-electron chi connectivity index (χ1n) is 4.15. The molecule has 3 heteroatoms. The number of hydrogen-bond acceptors (Lipinski definition) is 1. The van der Waals surface area contributed by atoms with Gasteiger partial charge in [0.05, 0.1) is 10.6 Å². The van der Waals surface area contributed by atoms with E-state index in [4.69, 9.17) is 11.6 Å². The molecule has 0 aliphatic heterocycles. The molecule has 72 valence electrons. The highest BCUT2D eigenvalue weighted by Crippen LogP contribution is 2.27. The van der Waals surface area contributed by atoms with Crippen molar-refractivity contribution in [2.75, 3.05) is 0 Å². The Morgan fingerprint density at radius 1 is 1.54 bits per heavy atom. The highest BCUT2D eigenvalue weighted by Gasteiger charge is 2.21. The average Bonchev–Trinajstić information content (AvgIpc) is 2.09. The van der Waals surface area contributed by atoms with Crippen LogP contribution < -0.4 is 0 Å². The second-order valence-electron chi connectivity index (χ2n) is 3.26. The minimum Gasteiger partial charge on any atom is -0.385 e. The summed E-state index contributed by atoms with van der Waals surface area (Å²) in [5.74, 6) is -0.461. The lowest BCUT2D eigenvalue weighted by molar-refractivity contribution is 0.0530. The van der Waals surface area contributed by atoms with E-state index in [1.807, 2.05) is 6.92 Å². The van der Waals surface area contributed by atoms with Gasteiger partial charge in [-0.25, -0.2) is 4.39 Å². The molecule has 0 spiro atoms. The van der Waals surface area contributed by atoms with Crippen molar-refractivity contribution in [3.63, 3.8) is 0 Å². The number of aliphatic hydroxyl groups is 1. The molecule has 1 atom stereocenters. The summed E-state index contributed by atoms with van der Waals surface area (Å²) in [6, 6.07) is 4.27. The molecule has 0 aliphatic carbocycles. The molecule has 0 radical (unpaired) electrons. The third-order valence-corrected chi connectivity index (χ3v) is 2.52. The second-order valence-corrected chi connectivity index (χ2v) is 3.66. The highest BCUT2D eigenvalue weighted by atomic mass is 35.5. The van der Waals surface area contributed by atoms with E-state index >= 15 is 0 Å². The van der Waals surface area contributed by atoms with E-state index in [9.17, 15) is 9.50 Å². The maximum atomic E-state index is 12.8. The number of benzene rings is 1. The number of hydrogen-bond donors (Lipinski definition) is 1. The smallest absolute Gasteiger partial charge is 0.141 e. The van der Waals surface area contributed by atoms with E-state index in [-0.39, 0.29) is 5.02 Å². The monoisotopic (exact) mass is 202 g/mol. The van der Waals surface area contributed by atoms with Gasteiger partial charge in [-0.1, -0.05) is 24.6 Å². The Hall–Kier alpha value is -0.600. The summed E-state index contributed by atoms with van der Waals surface area (Å²) < 4.78 is 12.8. The van der Waals surface area contributed by atoms with Crippen LogP contribution >= 0.6 is 11.6 Å². The van der Waals surface area contributed by atoms with E-state index in [0.717, 1.165) is 0 Å². The van der Waals surface area contributed by atoms with Crippen LogP contribution in [0.4, 0.5) is 4.39 Å². The van der Waals surface area contributed by atoms with E-state index < -0.39 is 11.4 Å². The Balaban J connectivity index is 3.10. The summed E-state index contributed by atoms with van der Waals surface area (Å²) in [5.41, 5.74) is -0.293. The lowest BCUT2D eigenvalue weighted by atomic mass is 9.93. The summed E-state index contributed by atoms with van der Waals surface area (Å²) in [5, 5.41) is 9.88. The summed E-state index contributed by atoms with van der Waals surface area (Å²) in [6.07, 6.45) is 0.564. The largest absolute Gasteiger partial charge is 0.385 e. The van der Waals surface area contributed by atoms with Gasteiger partial charge in [-0.3, -0.25) is 0 Å². The molecule has 13 heavy (non-hydrogen) atoms. The molecule has 1 aromatic carbocycles. The third kappa shape index (κ3) is 2.20. The first kappa shape index (κ1) is 10.5. The van der Waals surface area contributed by atoms with Crippen molar-refractivity contribution in [1.29, 1.82) is 0 Å². The summed E-state index contributed by atoms with van der Waals surface area (Å²) in [7, 11) is 0. The average molecular weight is 203 g/mol. The molecule has 0 aliphatic rings. The second kappa shape index (κ2) is 3.64. The van der Waals surface area contributed by atoms with Gasteiger partial charge in [0.1, 0.15) is 5.82 Å². The van der Waals surface area contributed by atoms with Crippen LogP contribution in [0.15, 0.2) is 18.2 Å². The Kier molecular flexibility index (Phi) is 2.94. The maximum Gasteiger partial charge on any atom is 0.141 e. The Labute approximate surface area is 82.2 Å². The van der Waals surface area contributed by atoms with Crippen molar-refractivity contribution in [1.82, 2.24) is 0 Å². The topological polar surface area (TPSA) is 20.2 Å². The minimum absolute atomic E-state index is 0.0474. The molecule has 0 aromatic heterocycles. The van der Waals surface area contributed by atoms with Crippen molar-refractivity contribution in [2.24, 2.45) is 0 Å². The molecule has 1 rings (SSSR count). The standard InChI is InChI=1S/C10H12ClFO/c1-3-10(2,13)7-4-5-9(12)8(11)6-7/h4-6,13H,3H2,1-2H3/t10-/m1/s1. The molecular weight excluding hydrogens is 191 g/mol. The van der Waals surface area contributed by atoms with Gasteiger partial charge in [0, 0.05) is 0 Å². The summed E-state index contributed by atoms with van der Waals surface area (Å²) >= 11 is 5.59. The van der Waals surface area contributed by atoms with Crippen molar-refractivity contribution >= 4 is 11.6 Å². The van der Waals surface area contributed by atoms with Crippen molar-refractivity contribution in [3.8, 4) is 0 Å². The van der Waals surface area contributed by atoms with Crippen LogP contribution in [0.5, 0.6) is 0 Å². The molecule has 0 amide bonds. The van der Waals surface area contributed by atoms with Crippen LogP contribution in [-0.2, 0) is 5.60 Å². The van der Waals surface area contributed by atoms with Crippen LogP contribution in [0.2, 0.25) is 5.02 Å². The molecular formula is C10H12ClFO. The van der Waals surface area contributed by atoms with Crippen LogP contribution in [-0.4, -0.2) is 5.11 Å². The van der Waals surface area contributed by atoms with Gasteiger partial charge in [0.2, 0.25) is 0 Å². The SMILES string of the molecule is CC[C@@](C)(O)c1ccc(F)c(Cl)c1. The van der Waals surface area contributed by atoms with Gasteiger partial charge in [0.25, 0.3) is 0 Å². The molecule has 0 heterocycles. The van der Waals surface area contributed by atoms with Crippen molar-refractivity contribution < 1.29 is 9.50 Å². The fourth-order valence-electron chi connectivity index (χ4n) is 1.04. The molecule has 0 bridgehead atoms. The fourth-order valence-corrected chi connectivity index (χ4v) is 1.22. The summed E-state index contributed by atoms with van der Waals surface area (Å²) in [4.78, 5) is 0. The zero-order valence-corrected chi connectivity index (χ0v) is 8.40. The van der Waals surface area contributed by atoms with Gasteiger partial charge in [-0.05, 0) is 31.0 Å². The van der Waals surface area contributed by atoms with Crippen molar-refractivity contribution in [3.05, 3.63) is 34.6 Å². The highest BCUT2D eigenvalue weighted by molar-refractivity contribution is 6.30. The third-order valence-electron chi connectivity index (χ3n) is 2.23. The van der Waals surface area contributed by atoms with Gasteiger partial charge in [-0.15, -0.1) is 0 Å². The fraction of sp³-hybridized carbons (Fsp3) is 0.400. The lowest BCUT2D eigenvalue weighted by Gasteiger charge is -2.21. The number of halogens is 2. The normalized spacial score (nSPS) is 15.5. The quantitative estimate of drug-likeness (QED) is 0.782. The zero-order valence-electron chi connectivity index (χ0n) is 7.64. The molecule has 0 unspecified atom stereocenters. The minimum atomic E-state index is -0.933. The summed E-state index contributed by atoms with van der Waals surface area (Å²) in [6.45, 7) is 3.54. The van der Waals surface area contributed by atoms with Gasteiger partial charge < -0.3 is 5.11 Å². The van der Waals surface area contributed by atoms with Crippen LogP contribution in [0.1, 0.15) is 25.8 Å². The van der Waals surface area contributed by atoms with Gasteiger partial charge in [0.15, 0.2) is 0 Å². The van der Waals surface area contributed by atoms with Gasteiger partial charge >= 0.3 is 0 Å². The van der Waals surface area contributed by atoms with Gasteiger partial charge in [-0.2, -0.15) is 0 Å². The maximum absolute atomic E-state index is 12.8. The zero-order chi connectivity index (χ0) is 10.1. The molecule has 1 aromatic rings. The Morgan fingerprint density at radius 2 is 2.15 bits per heavy atom. The van der Waals surface area contributed by atoms with E-state index in [2.05, 4.69) is 0 Å². The molecule has 1 N–H and O–H groups in total. The molecule has 0 saturated carbocycles.